The number of morpholine rings is 1. The lowest BCUT2D eigenvalue weighted by Crippen LogP contribution is -2.42. The van der Waals surface area contributed by atoms with Gasteiger partial charge in [-0.25, -0.2) is 13.8 Å². The van der Waals surface area contributed by atoms with E-state index in [4.69, 9.17) is 18.9 Å². The van der Waals surface area contributed by atoms with Gasteiger partial charge in [0, 0.05) is 19.2 Å². The Kier molecular flexibility index (Phi) is 9.69. The van der Waals surface area contributed by atoms with Gasteiger partial charge in [-0.3, -0.25) is 13.9 Å². The van der Waals surface area contributed by atoms with Crippen LogP contribution in [0.5, 0.6) is 17.2 Å². The molecule has 12 nitrogen and oxygen atoms in total. The number of carbonyl (C=O) groups is 2. The summed E-state index contributed by atoms with van der Waals surface area (Å²) in [5.41, 5.74) is 3.13. The van der Waals surface area contributed by atoms with E-state index in [2.05, 4.69) is 10.5 Å². The molecule has 2 aromatic rings. The van der Waals surface area contributed by atoms with E-state index in [-0.39, 0.29) is 24.0 Å². The highest BCUT2D eigenvalue weighted by atomic mass is 32.2. The van der Waals surface area contributed by atoms with Crippen LogP contribution in [0.3, 0.4) is 0 Å². The fourth-order valence-corrected chi connectivity index (χ4v) is 4.27. The van der Waals surface area contributed by atoms with Crippen LogP contribution in [0.15, 0.2) is 47.6 Å². The molecule has 0 atom stereocenters. The zero-order valence-electron chi connectivity index (χ0n) is 20.9. The Balaban J connectivity index is 1.56. The average molecular weight is 535 g/mol. The van der Waals surface area contributed by atoms with Gasteiger partial charge in [-0.2, -0.15) is 5.10 Å². The molecule has 1 N–H and O–H groups in total. The summed E-state index contributed by atoms with van der Waals surface area (Å²) < 4.78 is 46.9. The van der Waals surface area contributed by atoms with Gasteiger partial charge in [0.2, 0.25) is 10.0 Å². The van der Waals surface area contributed by atoms with Crippen molar-refractivity contribution in [1.29, 1.82) is 0 Å². The summed E-state index contributed by atoms with van der Waals surface area (Å²) in [6, 6.07) is 11.4. The van der Waals surface area contributed by atoms with Gasteiger partial charge in [-0.15, -0.1) is 0 Å². The van der Waals surface area contributed by atoms with Crippen molar-refractivity contribution in [2.75, 3.05) is 64.2 Å². The molecule has 1 fully saturated rings. The number of methoxy groups -OCH3 is 2. The van der Waals surface area contributed by atoms with Crippen molar-refractivity contribution in [3.8, 4) is 17.2 Å². The maximum atomic E-state index is 12.5. The molecule has 13 heteroatoms. The molecule has 0 bridgehead atoms. The number of hydrogen-bond acceptors (Lipinski definition) is 9. The van der Waals surface area contributed by atoms with Crippen LogP contribution in [0.25, 0.3) is 0 Å². The molecular formula is C24H30N4O8S. The predicted molar refractivity (Wildman–Crippen MR) is 137 cm³/mol. The number of nitrogens with one attached hydrogen (secondary N) is 1. The van der Waals surface area contributed by atoms with Crippen LogP contribution in [0.4, 0.5) is 5.69 Å². The van der Waals surface area contributed by atoms with Crippen LogP contribution in [-0.2, 0) is 24.3 Å². The molecule has 0 aromatic heterocycles. The van der Waals surface area contributed by atoms with Crippen LogP contribution in [-0.4, -0.2) is 91.3 Å². The fraction of sp³-hybridized carbons (Fsp3) is 0.375. The molecule has 37 heavy (non-hydrogen) atoms. The minimum absolute atomic E-state index is 0.0710. The highest BCUT2D eigenvalue weighted by molar-refractivity contribution is 7.92. The molecule has 1 aliphatic rings. The molecule has 2 aromatic carbocycles. The number of ether oxygens (including phenoxy) is 4. The van der Waals surface area contributed by atoms with Crippen LogP contribution in [0.1, 0.15) is 5.56 Å². The zero-order chi connectivity index (χ0) is 26.8. The van der Waals surface area contributed by atoms with Crippen molar-refractivity contribution in [3.05, 3.63) is 48.0 Å². The average Bonchev–Trinajstić information content (AvgIpc) is 2.90. The fourth-order valence-electron chi connectivity index (χ4n) is 3.42. The van der Waals surface area contributed by atoms with Crippen molar-refractivity contribution >= 4 is 33.7 Å². The van der Waals surface area contributed by atoms with Gasteiger partial charge >= 0.3 is 0 Å². The normalized spacial score (nSPS) is 13.8. The molecule has 1 saturated heterocycles. The number of anilines is 1. The molecular weight excluding hydrogens is 504 g/mol. The molecule has 3 rings (SSSR count). The van der Waals surface area contributed by atoms with Crippen LogP contribution in [0.2, 0.25) is 0 Å². The highest BCUT2D eigenvalue weighted by Gasteiger charge is 2.24. The van der Waals surface area contributed by atoms with Crippen molar-refractivity contribution < 1.29 is 37.0 Å². The van der Waals surface area contributed by atoms with Gasteiger partial charge in [-0.1, -0.05) is 0 Å². The Bertz CT molecular complexity index is 1210. The summed E-state index contributed by atoms with van der Waals surface area (Å²) in [7, 11) is -0.990. The number of carbonyl (C=O) groups excluding carboxylic acids is 2. The summed E-state index contributed by atoms with van der Waals surface area (Å²) in [5.74, 6) is 0.413. The SMILES string of the molecule is COc1ccc(OC)c(N(CC(=O)N/N=C\c2ccc(OCC(=O)N3CCOCC3)cc2)S(C)(=O)=O)c1. The minimum atomic E-state index is -3.83. The number of hydrazone groups is 1. The van der Waals surface area contributed by atoms with Crippen molar-refractivity contribution in [2.24, 2.45) is 5.10 Å². The number of rotatable bonds is 11. The smallest absolute Gasteiger partial charge is 0.260 e. The minimum Gasteiger partial charge on any atom is -0.497 e. The molecule has 1 heterocycles. The van der Waals surface area contributed by atoms with E-state index in [0.29, 0.717) is 43.4 Å². The van der Waals surface area contributed by atoms with Crippen molar-refractivity contribution in [1.82, 2.24) is 10.3 Å². The van der Waals surface area contributed by atoms with Gasteiger partial charge in [0.05, 0.1) is 45.6 Å². The Labute approximate surface area is 215 Å². The molecule has 0 aliphatic carbocycles. The number of amides is 2. The quantitative estimate of drug-likeness (QED) is 0.331. The molecule has 200 valence electrons. The second kappa shape index (κ2) is 12.9. The largest absolute Gasteiger partial charge is 0.497 e. The lowest BCUT2D eigenvalue weighted by Gasteiger charge is -2.26. The van der Waals surface area contributed by atoms with Gasteiger partial charge in [0.15, 0.2) is 6.61 Å². The zero-order valence-corrected chi connectivity index (χ0v) is 21.7. The summed E-state index contributed by atoms with van der Waals surface area (Å²) in [6.07, 6.45) is 2.39. The third kappa shape index (κ3) is 8.08. The van der Waals surface area contributed by atoms with Gasteiger partial charge in [-0.05, 0) is 42.0 Å². The van der Waals surface area contributed by atoms with E-state index in [1.165, 1.54) is 26.5 Å². The first-order valence-electron chi connectivity index (χ1n) is 11.3. The first-order chi connectivity index (χ1) is 17.7. The van der Waals surface area contributed by atoms with Gasteiger partial charge in [0.1, 0.15) is 23.8 Å². The van der Waals surface area contributed by atoms with Crippen LogP contribution in [0, 0.1) is 0 Å². The number of sulfonamides is 1. The third-order valence-electron chi connectivity index (χ3n) is 5.35. The number of benzene rings is 2. The van der Waals surface area contributed by atoms with Crippen LogP contribution < -0.4 is 23.9 Å². The van der Waals surface area contributed by atoms with E-state index in [1.54, 1.807) is 41.3 Å². The molecule has 1 aliphatic heterocycles. The topological polar surface area (TPSA) is 136 Å². The maximum Gasteiger partial charge on any atom is 0.260 e. The van der Waals surface area contributed by atoms with Gasteiger partial charge < -0.3 is 23.8 Å². The Morgan fingerprint density at radius 2 is 1.76 bits per heavy atom. The second-order valence-electron chi connectivity index (χ2n) is 7.95. The first kappa shape index (κ1) is 27.7. The molecule has 0 unspecified atom stereocenters. The van der Waals surface area contributed by atoms with E-state index in [1.807, 2.05) is 0 Å². The summed E-state index contributed by atoms with van der Waals surface area (Å²) in [6.45, 7) is 1.56. The van der Waals surface area contributed by atoms with Crippen LogP contribution >= 0.6 is 0 Å². The first-order valence-corrected chi connectivity index (χ1v) is 13.2. The molecule has 0 spiro atoms. The van der Waals surface area contributed by atoms with E-state index in [0.717, 1.165) is 10.6 Å². The Morgan fingerprint density at radius 3 is 2.38 bits per heavy atom. The predicted octanol–water partition coefficient (Wildman–Crippen LogP) is 0.858. The van der Waals surface area contributed by atoms with E-state index in [9.17, 15) is 18.0 Å². The maximum absolute atomic E-state index is 12.5. The molecule has 0 saturated carbocycles. The Morgan fingerprint density at radius 1 is 1.08 bits per heavy atom. The summed E-state index contributed by atoms with van der Waals surface area (Å²) in [4.78, 5) is 26.4. The molecule has 2 amide bonds. The standard InChI is InChI=1S/C24H30N4O8S/c1-33-20-8-9-22(34-2)21(14-20)28(37(3,31)32)16-23(29)26-25-15-18-4-6-19(7-5-18)36-17-24(30)27-10-12-35-13-11-27/h4-9,14-15H,10-13,16-17H2,1-3H3,(H,26,29)/b25-15-. The lowest BCUT2D eigenvalue weighted by molar-refractivity contribution is -0.137. The monoisotopic (exact) mass is 534 g/mol. The lowest BCUT2D eigenvalue weighted by atomic mass is 10.2. The molecule has 0 radical (unpaired) electrons. The van der Waals surface area contributed by atoms with E-state index >= 15 is 0 Å². The Hall–Kier alpha value is -3.84. The van der Waals surface area contributed by atoms with E-state index < -0.39 is 22.5 Å². The second-order valence-corrected chi connectivity index (χ2v) is 9.86. The third-order valence-corrected chi connectivity index (χ3v) is 6.48. The summed E-state index contributed by atoms with van der Waals surface area (Å²) >= 11 is 0. The number of nitrogens with zero attached hydrogens (tertiary/aromatic N) is 3. The highest BCUT2D eigenvalue weighted by Crippen LogP contribution is 2.33. The van der Waals surface area contributed by atoms with Crippen molar-refractivity contribution in [2.45, 2.75) is 0 Å². The van der Waals surface area contributed by atoms with Crippen molar-refractivity contribution in [3.63, 3.8) is 0 Å². The number of hydrogen-bond donors (Lipinski definition) is 1. The van der Waals surface area contributed by atoms with Gasteiger partial charge in [0.25, 0.3) is 11.8 Å². The summed E-state index contributed by atoms with van der Waals surface area (Å²) in [5, 5.41) is 3.90.